The van der Waals surface area contributed by atoms with Gasteiger partial charge in [-0.15, -0.1) is 0 Å². The number of nitrogens with zero attached hydrogens (tertiary/aromatic N) is 2. The Morgan fingerprint density at radius 2 is 1.70 bits per heavy atom. The Kier molecular flexibility index (Phi) is 4.30. The lowest BCUT2D eigenvalue weighted by Gasteiger charge is -2.27. The molecule has 1 aliphatic carbocycles. The third-order valence-corrected chi connectivity index (χ3v) is 5.81. The van der Waals surface area contributed by atoms with Gasteiger partial charge in [0.25, 0.3) is 0 Å². The van der Waals surface area contributed by atoms with Gasteiger partial charge in [0, 0.05) is 36.3 Å². The zero-order chi connectivity index (χ0) is 20.9. The van der Waals surface area contributed by atoms with Gasteiger partial charge in [0.1, 0.15) is 0 Å². The number of aromatic nitrogens is 1. The van der Waals surface area contributed by atoms with Gasteiger partial charge in [-0.1, -0.05) is 18.2 Å². The number of carbonyl (C=O) groups excluding carboxylic acids is 1. The van der Waals surface area contributed by atoms with Gasteiger partial charge in [0.2, 0.25) is 0 Å². The van der Waals surface area contributed by atoms with E-state index in [0.717, 1.165) is 23.3 Å². The number of anilines is 3. The van der Waals surface area contributed by atoms with Crippen molar-refractivity contribution in [2.45, 2.75) is 12.6 Å². The first-order chi connectivity index (χ1) is 14.4. The lowest BCUT2D eigenvalue weighted by atomic mass is 10.1. The van der Waals surface area contributed by atoms with Crippen molar-refractivity contribution in [2.75, 3.05) is 28.6 Å². The standard InChI is InChI=1S/C22H19F3N4O/c23-22(24,25)17-4-2-6-19(20(17)29-11-14-9-15(14)12-29)28-21(30)27-18-5-1-3-13-10-26-8-7-16(13)18/h1-8,10,14-15H,9,11-12H2,(H2,27,28,30)/t14-,15?/m0/s1. The number of piperidine rings is 1. The van der Waals surface area contributed by atoms with E-state index in [0.29, 0.717) is 30.6 Å². The molecule has 5 nitrogen and oxygen atoms in total. The molecular formula is C22H19F3N4O. The van der Waals surface area contributed by atoms with Crippen LogP contribution in [0.5, 0.6) is 0 Å². The van der Waals surface area contributed by atoms with E-state index in [9.17, 15) is 18.0 Å². The monoisotopic (exact) mass is 412 g/mol. The zero-order valence-electron chi connectivity index (χ0n) is 15.9. The number of nitrogens with one attached hydrogen (secondary N) is 2. The average Bonchev–Trinajstić information content (AvgIpc) is 3.32. The first kappa shape index (κ1) is 18.7. The number of amides is 2. The molecule has 2 fully saturated rings. The summed E-state index contributed by atoms with van der Waals surface area (Å²) < 4.78 is 41.1. The van der Waals surface area contributed by atoms with E-state index in [1.165, 1.54) is 12.1 Å². The van der Waals surface area contributed by atoms with Crippen molar-refractivity contribution in [1.82, 2.24) is 4.98 Å². The summed E-state index contributed by atoms with van der Waals surface area (Å²) in [5, 5.41) is 7.04. The molecule has 3 aromatic rings. The van der Waals surface area contributed by atoms with Gasteiger partial charge in [-0.05, 0) is 42.5 Å². The van der Waals surface area contributed by atoms with Crippen molar-refractivity contribution in [3.63, 3.8) is 0 Å². The minimum Gasteiger partial charge on any atom is -0.369 e. The van der Waals surface area contributed by atoms with E-state index in [2.05, 4.69) is 15.6 Å². The molecule has 2 aliphatic rings. The topological polar surface area (TPSA) is 57.3 Å². The predicted molar refractivity (Wildman–Crippen MR) is 110 cm³/mol. The van der Waals surface area contributed by atoms with Gasteiger partial charge in [0.15, 0.2) is 0 Å². The van der Waals surface area contributed by atoms with E-state index in [1.807, 2.05) is 6.07 Å². The highest BCUT2D eigenvalue weighted by Gasteiger charge is 2.47. The minimum absolute atomic E-state index is 0.0504. The van der Waals surface area contributed by atoms with Gasteiger partial charge < -0.3 is 15.5 Å². The van der Waals surface area contributed by atoms with Crippen LogP contribution in [0.15, 0.2) is 54.9 Å². The average molecular weight is 412 g/mol. The van der Waals surface area contributed by atoms with Crippen LogP contribution in [0.3, 0.4) is 0 Å². The second-order valence-electron chi connectivity index (χ2n) is 7.84. The number of rotatable bonds is 3. The predicted octanol–water partition coefficient (Wildman–Crippen LogP) is 5.35. The Balaban J connectivity index is 1.44. The Hall–Kier alpha value is -3.29. The maximum atomic E-state index is 13.7. The molecular weight excluding hydrogens is 393 g/mol. The number of para-hydroxylation sites is 1. The summed E-state index contributed by atoms with van der Waals surface area (Å²) >= 11 is 0. The second-order valence-corrected chi connectivity index (χ2v) is 7.84. The Morgan fingerprint density at radius 3 is 2.47 bits per heavy atom. The number of alkyl halides is 3. The quantitative estimate of drug-likeness (QED) is 0.609. The highest BCUT2D eigenvalue weighted by atomic mass is 19.4. The third kappa shape index (κ3) is 3.42. The highest BCUT2D eigenvalue weighted by molar-refractivity contribution is 6.07. The molecule has 1 aromatic heterocycles. The molecule has 1 saturated carbocycles. The van der Waals surface area contributed by atoms with E-state index in [-0.39, 0.29) is 11.4 Å². The number of carbonyl (C=O) groups is 1. The van der Waals surface area contributed by atoms with Crippen LogP contribution in [0.4, 0.5) is 35.0 Å². The van der Waals surface area contributed by atoms with Crippen molar-refractivity contribution >= 4 is 33.9 Å². The molecule has 8 heteroatoms. The Labute approximate surface area is 170 Å². The second kappa shape index (κ2) is 6.90. The van der Waals surface area contributed by atoms with Crippen LogP contribution in [0.2, 0.25) is 0 Å². The molecule has 2 aromatic carbocycles. The number of benzene rings is 2. The van der Waals surface area contributed by atoms with Crippen LogP contribution in [0.1, 0.15) is 12.0 Å². The van der Waals surface area contributed by atoms with Gasteiger partial charge in [-0.2, -0.15) is 13.2 Å². The smallest absolute Gasteiger partial charge is 0.369 e. The van der Waals surface area contributed by atoms with Crippen LogP contribution < -0.4 is 15.5 Å². The molecule has 2 N–H and O–H groups in total. The van der Waals surface area contributed by atoms with Gasteiger partial charge in [0.05, 0.1) is 22.6 Å². The number of hydrogen-bond acceptors (Lipinski definition) is 3. The molecule has 2 amide bonds. The molecule has 2 atom stereocenters. The summed E-state index contributed by atoms with van der Waals surface area (Å²) in [6.07, 6.45) is -0.125. The molecule has 5 rings (SSSR count). The van der Waals surface area contributed by atoms with E-state index in [1.54, 1.807) is 35.5 Å². The van der Waals surface area contributed by atoms with Crippen molar-refractivity contribution in [3.05, 3.63) is 60.4 Å². The number of fused-ring (bicyclic) bond motifs is 2. The third-order valence-electron chi connectivity index (χ3n) is 5.81. The summed E-state index contributed by atoms with van der Waals surface area (Å²) in [6, 6.07) is 10.5. The largest absolute Gasteiger partial charge is 0.418 e. The molecule has 1 aliphatic heterocycles. The van der Waals surface area contributed by atoms with Gasteiger partial charge >= 0.3 is 12.2 Å². The number of pyridine rings is 1. The minimum atomic E-state index is -4.50. The molecule has 30 heavy (non-hydrogen) atoms. The molecule has 2 heterocycles. The molecule has 1 saturated heterocycles. The SMILES string of the molecule is O=C(Nc1cccc(C(F)(F)F)c1N1CC2C[C@H]2C1)Nc1cccc2cnccc12. The van der Waals surface area contributed by atoms with Crippen LogP contribution in [0, 0.1) is 11.8 Å². The lowest BCUT2D eigenvalue weighted by molar-refractivity contribution is -0.137. The van der Waals surface area contributed by atoms with E-state index < -0.39 is 17.8 Å². The fraction of sp³-hybridized carbons (Fsp3) is 0.273. The molecule has 0 radical (unpaired) electrons. The zero-order valence-corrected chi connectivity index (χ0v) is 15.9. The van der Waals surface area contributed by atoms with Gasteiger partial charge in [-0.3, -0.25) is 4.98 Å². The molecule has 154 valence electrons. The maximum Gasteiger partial charge on any atom is 0.418 e. The normalized spacial score (nSPS) is 20.2. The highest BCUT2D eigenvalue weighted by Crippen LogP contribution is 2.50. The Morgan fingerprint density at radius 1 is 1.00 bits per heavy atom. The molecule has 1 unspecified atom stereocenters. The van der Waals surface area contributed by atoms with Gasteiger partial charge in [-0.25, -0.2) is 4.79 Å². The fourth-order valence-electron chi connectivity index (χ4n) is 4.30. The van der Waals surface area contributed by atoms with Crippen molar-refractivity contribution in [2.24, 2.45) is 11.8 Å². The lowest BCUT2D eigenvalue weighted by Crippen LogP contribution is -2.28. The summed E-state index contributed by atoms with van der Waals surface area (Å²) in [5.41, 5.74) is 0.0428. The van der Waals surface area contributed by atoms with Crippen molar-refractivity contribution < 1.29 is 18.0 Å². The van der Waals surface area contributed by atoms with Crippen LogP contribution in [-0.4, -0.2) is 24.1 Å². The summed E-state index contributed by atoms with van der Waals surface area (Å²) in [6.45, 7) is 1.18. The first-order valence-electron chi connectivity index (χ1n) is 9.76. The van der Waals surface area contributed by atoms with Crippen LogP contribution >= 0.6 is 0 Å². The summed E-state index contributed by atoms with van der Waals surface area (Å²) in [5.74, 6) is 0.912. The van der Waals surface area contributed by atoms with E-state index >= 15 is 0 Å². The fourth-order valence-corrected chi connectivity index (χ4v) is 4.30. The Bertz CT molecular complexity index is 1120. The number of halogens is 3. The summed E-state index contributed by atoms with van der Waals surface area (Å²) in [7, 11) is 0. The molecule has 0 spiro atoms. The van der Waals surface area contributed by atoms with E-state index in [4.69, 9.17) is 0 Å². The molecule has 0 bridgehead atoms. The summed E-state index contributed by atoms with van der Waals surface area (Å²) in [4.78, 5) is 18.5. The van der Waals surface area contributed by atoms with Crippen LogP contribution in [0.25, 0.3) is 10.8 Å². The van der Waals surface area contributed by atoms with Crippen molar-refractivity contribution in [1.29, 1.82) is 0 Å². The number of hydrogen-bond donors (Lipinski definition) is 2. The maximum absolute atomic E-state index is 13.7. The number of urea groups is 1. The first-order valence-corrected chi connectivity index (χ1v) is 9.76. The van der Waals surface area contributed by atoms with Crippen LogP contribution in [-0.2, 0) is 6.18 Å². The van der Waals surface area contributed by atoms with Crippen molar-refractivity contribution in [3.8, 4) is 0 Å².